The molecule has 100 heavy (non-hydrogen) atoms. The number of benzene rings is 6. The van der Waals surface area contributed by atoms with Crippen LogP contribution in [0.25, 0.3) is 85.0 Å². The number of nitriles is 2. The molecule has 0 radical (unpaired) electrons. The first kappa shape index (κ1) is 62.3. The van der Waals surface area contributed by atoms with E-state index in [9.17, 15) is 4.39 Å². The molecule has 4 fully saturated rings. The number of tetrazole rings is 1. The third-order valence-electron chi connectivity index (χ3n) is 21.5. The molecular weight excluding hydrogens is 1250 g/mol. The van der Waals surface area contributed by atoms with Crippen LogP contribution in [0.15, 0.2) is 171 Å². The van der Waals surface area contributed by atoms with Crippen molar-refractivity contribution in [1.82, 2.24) is 68.8 Å². The van der Waals surface area contributed by atoms with Crippen LogP contribution in [0.4, 0.5) is 21.5 Å². The van der Waals surface area contributed by atoms with Crippen molar-refractivity contribution in [2.45, 2.75) is 72.0 Å². The highest BCUT2D eigenvalue weighted by Crippen LogP contribution is 2.43. The van der Waals surface area contributed by atoms with Crippen molar-refractivity contribution in [3.8, 4) is 97.1 Å². The van der Waals surface area contributed by atoms with Crippen molar-refractivity contribution in [2.75, 3.05) is 73.7 Å². The zero-order valence-corrected chi connectivity index (χ0v) is 56.1. The summed E-state index contributed by atoms with van der Waals surface area (Å²) < 4.78 is 26.2. The lowest BCUT2D eigenvalue weighted by Gasteiger charge is -2.21. The number of aliphatic hydroxyl groups excluding tert-OH is 1. The first-order valence-electron chi connectivity index (χ1n) is 35.0. The number of nitrogens with one attached hydrogen (secondary N) is 1. The molecule has 0 amide bonds. The highest BCUT2D eigenvalue weighted by molar-refractivity contribution is 5.76. The minimum atomic E-state index is -0.231. The molecule has 20 nitrogen and oxygen atoms in total. The average molecular weight is 1330 g/mol. The minimum absolute atomic E-state index is 0.231. The fourth-order valence-corrected chi connectivity index (χ4v) is 16.2. The van der Waals surface area contributed by atoms with Crippen molar-refractivity contribution in [1.29, 1.82) is 10.5 Å². The van der Waals surface area contributed by atoms with Crippen molar-refractivity contribution < 1.29 is 9.50 Å². The van der Waals surface area contributed by atoms with E-state index < -0.39 is 0 Å². The van der Waals surface area contributed by atoms with Gasteiger partial charge in [0.15, 0.2) is 11.6 Å². The highest BCUT2D eigenvalue weighted by Gasteiger charge is 2.37. The maximum Gasteiger partial charge on any atom is 0.203 e. The van der Waals surface area contributed by atoms with E-state index in [1.54, 1.807) is 6.33 Å². The summed E-state index contributed by atoms with van der Waals surface area (Å²) in [5, 5.41) is 60.9. The first-order valence-corrected chi connectivity index (χ1v) is 35.0. The third-order valence-corrected chi connectivity index (χ3v) is 21.5. The average Bonchev–Trinajstić information content (AvgIpc) is 1.63. The van der Waals surface area contributed by atoms with Gasteiger partial charge in [-0.3, -0.25) is 9.13 Å². The molecule has 6 aliphatic heterocycles. The third kappa shape index (κ3) is 11.8. The Balaban J connectivity index is 0.000000112. The minimum Gasteiger partial charge on any atom is -0.396 e. The Morgan fingerprint density at radius 3 is 1.68 bits per heavy atom. The molecule has 3 unspecified atom stereocenters. The number of aromatic nitrogens is 13. The lowest BCUT2D eigenvalue weighted by atomic mass is 10.0. The predicted molar refractivity (Wildman–Crippen MR) is 384 cm³/mol. The van der Waals surface area contributed by atoms with Gasteiger partial charge in [0.1, 0.15) is 18.0 Å². The summed E-state index contributed by atoms with van der Waals surface area (Å²) in [6.45, 7) is 15.4. The van der Waals surface area contributed by atoms with Crippen LogP contribution in [0.2, 0.25) is 0 Å². The SMILES string of the molecule is Cc1nnc2n1-c1ccc(N3CC[C@H](C)C3)cc1Cn1cc(-c3ccc(C#N)cc3)cc1-2.Fc1ccc(-c2cc3n(c2)Cc2cc(N4CC5CCCC5C4)ccc2-n2nnnc2-3)cc1.N#Cc1ccc(-c2cc3n(c2)Cc2cc(N4CCC(CNCCCO)C4)ccc2-n2cnnc2-3)cc1. The lowest BCUT2D eigenvalue weighted by molar-refractivity contribution is 0.285. The van der Waals surface area contributed by atoms with Crippen LogP contribution in [0.3, 0.4) is 0 Å². The number of anilines is 3. The van der Waals surface area contributed by atoms with E-state index in [4.69, 9.17) is 15.6 Å². The molecule has 500 valence electrons. The van der Waals surface area contributed by atoms with E-state index in [-0.39, 0.29) is 12.4 Å². The summed E-state index contributed by atoms with van der Waals surface area (Å²) >= 11 is 0. The summed E-state index contributed by atoms with van der Waals surface area (Å²) in [7, 11) is 0. The predicted octanol–water partition coefficient (Wildman–Crippen LogP) is 12.8. The summed E-state index contributed by atoms with van der Waals surface area (Å²) in [5.74, 6) is 6.15. The van der Waals surface area contributed by atoms with Gasteiger partial charge in [-0.15, -0.1) is 25.5 Å². The second-order valence-electron chi connectivity index (χ2n) is 28.0. The van der Waals surface area contributed by atoms with Gasteiger partial charge < -0.3 is 38.8 Å². The van der Waals surface area contributed by atoms with Gasteiger partial charge in [-0.25, -0.2) is 4.39 Å². The molecule has 7 aliphatic rings. The molecule has 0 spiro atoms. The maximum absolute atomic E-state index is 13.4. The van der Waals surface area contributed by atoms with Gasteiger partial charge in [0.2, 0.25) is 5.82 Å². The Hall–Kier alpha value is -11.3. The number of halogens is 1. The topological polar surface area (TPSA) is 209 Å². The molecule has 1 aliphatic carbocycles. The van der Waals surface area contributed by atoms with Crippen LogP contribution in [0.5, 0.6) is 0 Å². The zero-order valence-electron chi connectivity index (χ0n) is 56.1. The summed E-state index contributed by atoms with van der Waals surface area (Å²) in [4.78, 5) is 7.53. The number of rotatable bonds is 11. The normalized spacial score (nSPS) is 18.0. The molecule has 19 rings (SSSR count). The summed E-state index contributed by atoms with van der Waals surface area (Å²) in [5.41, 5.74) is 21.6. The molecule has 4 atom stereocenters. The monoisotopic (exact) mass is 1330 g/mol. The standard InChI is InChI=1S/C28H29N7O.C26H24N6.C25H23FN6/c29-14-20-2-4-22(5-3-20)23-13-27-28-32-31-19-35(28)26-7-6-25(12-24(26)18-34(27)17-23)33-10-8-21(16-33)15-30-9-1-11-36;1-17-9-10-30(14-17)23-7-8-24-22(11-23)16-31-15-21(20-5-3-19(13-27)4-6-20)12-25(31)26-29-28-18(2)32(24)26;26-21-6-4-16(5-7-21)19-11-24-25-27-28-29-32(25)23-9-8-22(10-20(23)15-31(24)14-19)30-12-17-2-1-3-18(17)13-30/h2-7,12-13,17,19,21,30,36H,1,8-11,15-16,18H2;3-8,11-12,15,17H,9-10,14,16H2,1-2H3;4-11,14,17-18H,1-3,12-13,15H2/t;17-;/m.0./s1. The molecule has 21 heteroatoms. The summed E-state index contributed by atoms with van der Waals surface area (Å²) in [6.07, 6.45) is 15.6. The lowest BCUT2D eigenvalue weighted by Crippen LogP contribution is -2.27. The smallest absolute Gasteiger partial charge is 0.203 e. The van der Waals surface area contributed by atoms with Crippen LogP contribution in [0.1, 0.15) is 79.1 Å². The van der Waals surface area contributed by atoms with E-state index in [2.05, 4.69) is 189 Å². The van der Waals surface area contributed by atoms with Gasteiger partial charge in [0, 0.05) is 118 Å². The van der Waals surface area contributed by atoms with Crippen molar-refractivity contribution in [3.63, 3.8) is 0 Å². The van der Waals surface area contributed by atoms with Crippen molar-refractivity contribution >= 4 is 17.1 Å². The first-order chi connectivity index (χ1) is 49.1. The van der Waals surface area contributed by atoms with Gasteiger partial charge in [-0.2, -0.15) is 15.2 Å². The van der Waals surface area contributed by atoms with Crippen LogP contribution >= 0.6 is 0 Å². The second-order valence-corrected chi connectivity index (χ2v) is 28.0. The molecule has 6 aromatic carbocycles. The van der Waals surface area contributed by atoms with E-state index in [0.717, 1.165) is 174 Å². The molecule has 3 saturated heterocycles. The molecule has 2 N–H and O–H groups in total. The van der Waals surface area contributed by atoms with Crippen LogP contribution < -0.4 is 20.0 Å². The molecule has 1 saturated carbocycles. The summed E-state index contributed by atoms with van der Waals surface area (Å²) in [6, 6.07) is 53.1. The highest BCUT2D eigenvalue weighted by atomic mass is 19.1. The number of aliphatic hydroxyl groups is 1. The van der Waals surface area contributed by atoms with Crippen molar-refractivity contribution in [3.05, 3.63) is 210 Å². The molecule has 12 heterocycles. The number of nitrogens with zero attached hydrogens (tertiary/aromatic N) is 18. The molecule has 6 aromatic heterocycles. The van der Waals surface area contributed by atoms with Gasteiger partial charge in [-0.1, -0.05) is 49.7 Å². The van der Waals surface area contributed by atoms with Crippen LogP contribution in [-0.2, 0) is 19.6 Å². The van der Waals surface area contributed by atoms with Gasteiger partial charge in [-0.05, 0) is 229 Å². The molecule has 0 bridgehead atoms. The maximum atomic E-state index is 13.4. The molecule has 12 aromatic rings. The van der Waals surface area contributed by atoms with Gasteiger partial charge >= 0.3 is 0 Å². The van der Waals surface area contributed by atoms with Gasteiger partial charge in [0.05, 0.1) is 57.4 Å². The molecular formula is C79H76FN19O. The van der Waals surface area contributed by atoms with Crippen LogP contribution in [-0.4, -0.2) is 128 Å². The Morgan fingerprint density at radius 2 is 1.08 bits per heavy atom. The number of fused-ring (bicyclic) bond motifs is 16. The van der Waals surface area contributed by atoms with Crippen LogP contribution in [0, 0.1) is 59.1 Å². The van der Waals surface area contributed by atoms with E-state index in [0.29, 0.717) is 17.0 Å². The Bertz CT molecular complexity index is 5100. The Labute approximate surface area is 579 Å². The largest absolute Gasteiger partial charge is 0.396 e. The van der Waals surface area contributed by atoms with E-state index in [1.165, 1.54) is 91.1 Å². The Morgan fingerprint density at radius 1 is 0.540 bits per heavy atom. The second kappa shape index (κ2) is 26.2. The fraction of sp³-hybridized carbons (Fsp3) is 0.304. The quantitative estimate of drug-likeness (QED) is 0.115. The number of hydrogen-bond donors (Lipinski definition) is 2. The number of aryl methyl sites for hydroxylation is 1. The van der Waals surface area contributed by atoms with E-state index >= 15 is 0 Å². The van der Waals surface area contributed by atoms with Crippen molar-refractivity contribution in [2.24, 2.45) is 23.7 Å². The number of hydrogen-bond acceptors (Lipinski definition) is 14. The fourth-order valence-electron chi connectivity index (χ4n) is 16.2. The van der Waals surface area contributed by atoms with E-state index in [1.807, 2.05) is 72.3 Å². The van der Waals surface area contributed by atoms with Gasteiger partial charge in [0.25, 0.3) is 0 Å². The zero-order chi connectivity index (χ0) is 67.5. The Kier molecular flexibility index (Phi) is 16.3.